The summed E-state index contributed by atoms with van der Waals surface area (Å²) in [4.78, 5) is 14.0. The maximum Gasteiger partial charge on any atom is 0.257 e. The van der Waals surface area contributed by atoms with E-state index >= 15 is 0 Å². The summed E-state index contributed by atoms with van der Waals surface area (Å²) in [6.45, 7) is 0. The Kier molecular flexibility index (Phi) is 2.38. The van der Waals surface area contributed by atoms with Crippen LogP contribution in [0.25, 0.3) is 10.8 Å². The molecule has 0 spiro atoms. The highest BCUT2D eigenvalue weighted by Crippen LogP contribution is 2.17. The second-order valence-corrected chi connectivity index (χ2v) is 5.55. The minimum absolute atomic E-state index is 0.0376. The third-order valence-electron chi connectivity index (χ3n) is 2.26. The van der Waals surface area contributed by atoms with Gasteiger partial charge in [-0.25, -0.2) is 8.42 Å². The molecule has 0 saturated carbocycles. The fraction of sp³-hybridized carbons (Fsp3) is 0.100. The molecule has 0 bridgehead atoms. The Morgan fingerprint density at radius 3 is 2.62 bits per heavy atom. The standard InChI is InChI=1S/C10H8BNO3S/c1-16(14,15)8-5-7(11)4-6-2-3-12-10(13)9(6)8/h2-5H,1H3,(H,12,13). The van der Waals surface area contributed by atoms with Gasteiger partial charge < -0.3 is 4.98 Å². The number of benzene rings is 1. The number of aromatic nitrogens is 1. The molecule has 2 radical (unpaired) electrons. The molecule has 0 amide bonds. The lowest BCUT2D eigenvalue weighted by Gasteiger charge is -2.05. The highest BCUT2D eigenvalue weighted by Gasteiger charge is 2.14. The normalized spacial score (nSPS) is 11.8. The van der Waals surface area contributed by atoms with E-state index in [0.29, 0.717) is 10.8 Å². The molecule has 0 saturated heterocycles. The van der Waals surface area contributed by atoms with Gasteiger partial charge in [-0.1, -0.05) is 11.5 Å². The Hall–Kier alpha value is -1.56. The van der Waals surface area contributed by atoms with Crippen LogP contribution in [-0.4, -0.2) is 27.5 Å². The van der Waals surface area contributed by atoms with E-state index in [1.165, 1.54) is 12.3 Å². The van der Waals surface area contributed by atoms with Gasteiger partial charge in [0, 0.05) is 12.5 Å². The number of fused-ring (bicyclic) bond motifs is 1. The van der Waals surface area contributed by atoms with E-state index in [1.807, 2.05) is 0 Å². The van der Waals surface area contributed by atoms with Gasteiger partial charge in [0.05, 0.1) is 10.3 Å². The summed E-state index contributed by atoms with van der Waals surface area (Å²) in [6.07, 6.45) is 2.50. The summed E-state index contributed by atoms with van der Waals surface area (Å²) < 4.78 is 23.1. The van der Waals surface area contributed by atoms with Crippen molar-refractivity contribution in [3.63, 3.8) is 0 Å². The number of hydrogen-bond donors (Lipinski definition) is 1. The zero-order chi connectivity index (χ0) is 11.9. The molecule has 0 atom stereocenters. The number of aromatic amines is 1. The van der Waals surface area contributed by atoms with Crippen molar-refractivity contribution in [1.29, 1.82) is 0 Å². The third-order valence-corrected chi connectivity index (χ3v) is 3.38. The number of pyridine rings is 1. The van der Waals surface area contributed by atoms with Crippen molar-refractivity contribution >= 4 is 33.9 Å². The van der Waals surface area contributed by atoms with Gasteiger partial charge in [-0.15, -0.1) is 0 Å². The van der Waals surface area contributed by atoms with Gasteiger partial charge in [0.25, 0.3) is 5.56 Å². The van der Waals surface area contributed by atoms with E-state index in [1.54, 1.807) is 12.1 Å². The maximum atomic E-state index is 11.6. The fourth-order valence-corrected chi connectivity index (χ4v) is 2.54. The molecule has 80 valence electrons. The summed E-state index contributed by atoms with van der Waals surface area (Å²) in [5, 5.41) is 0.670. The molecule has 1 aromatic carbocycles. The molecule has 4 nitrogen and oxygen atoms in total. The third kappa shape index (κ3) is 1.76. The first-order valence-electron chi connectivity index (χ1n) is 4.50. The molecular weight excluding hydrogens is 225 g/mol. The molecule has 0 fully saturated rings. The van der Waals surface area contributed by atoms with Crippen molar-refractivity contribution in [2.45, 2.75) is 4.90 Å². The van der Waals surface area contributed by atoms with Crippen molar-refractivity contribution in [2.75, 3.05) is 6.26 Å². The summed E-state index contributed by atoms with van der Waals surface area (Å²) >= 11 is 0. The molecule has 1 heterocycles. The van der Waals surface area contributed by atoms with Crippen LogP contribution < -0.4 is 11.0 Å². The highest BCUT2D eigenvalue weighted by atomic mass is 32.2. The molecule has 2 aromatic rings. The summed E-state index contributed by atoms with van der Waals surface area (Å²) in [7, 11) is 2.12. The Bertz CT molecular complexity index is 718. The molecule has 2 rings (SSSR count). The van der Waals surface area contributed by atoms with Gasteiger partial charge in [-0.2, -0.15) is 0 Å². The number of sulfone groups is 1. The van der Waals surface area contributed by atoms with Crippen LogP contribution in [0.5, 0.6) is 0 Å². The minimum Gasteiger partial charge on any atom is -0.329 e. The Balaban J connectivity index is 3.09. The maximum absolute atomic E-state index is 11.6. The number of nitrogens with one attached hydrogen (secondary N) is 1. The van der Waals surface area contributed by atoms with E-state index in [-0.39, 0.29) is 10.3 Å². The van der Waals surface area contributed by atoms with Crippen LogP contribution in [0.2, 0.25) is 0 Å². The average Bonchev–Trinajstić information content (AvgIpc) is 2.15. The molecule has 1 N–H and O–H groups in total. The number of H-pyrrole nitrogens is 1. The van der Waals surface area contributed by atoms with Crippen LogP contribution in [0.4, 0.5) is 0 Å². The van der Waals surface area contributed by atoms with Crippen molar-refractivity contribution in [3.8, 4) is 0 Å². The highest BCUT2D eigenvalue weighted by molar-refractivity contribution is 7.91. The van der Waals surface area contributed by atoms with Crippen molar-refractivity contribution in [2.24, 2.45) is 0 Å². The van der Waals surface area contributed by atoms with Crippen LogP contribution in [0, 0.1) is 0 Å². The van der Waals surface area contributed by atoms with E-state index in [9.17, 15) is 13.2 Å². The first-order chi connectivity index (χ1) is 7.39. The topological polar surface area (TPSA) is 67.0 Å². The minimum atomic E-state index is -3.47. The van der Waals surface area contributed by atoms with Gasteiger partial charge in [-0.05, 0) is 17.5 Å². The zero-order valence-electron chi connectivity index (χ0n) is 8.52. The molecular formula is C10H8BNO3S. The second-order valence-electron chi connectivity index (χ2n) is 3.56. The lowest BCUT2D eigenvalue weighted by atomic mass is 9.94. The van der Waals surface area contributed by atoms with E-state index in [2.05, 4.69) is 4.98 Å². The van der Waals surface area contributed by atoms with E-state index in [4.69, 9.17) is 7.85 Å². The lowest BCUT2D eigenvalue weighted by Crippen LogP contribution is -2.14. The molecule has 6 heteroatoms. The molecule has 0 unspecified atom stereocenters. The van der Waals surface area contributed by atoms with Crippen LogP contribution in [0.15, 0.2) is 34.1 Å². The molecule has 0 aliphatic heterocycles. The zero-order valence-corrected chi connectivity index (χ0v) is 9.34. The molecule has 0 aliphatic carbocycles. The van der Waals surface area contributed by atoms with Gasteiger partial charge >= 0.3 is 0 Å². The monoisotopic (exact) mass is 233 g/mol. The predicted octanol–water partition coefficient (Wildman–Crippen LogP) is -0.275. The van der Waals surface area contributed by atoms with Gasteiger partial charge in [0.2, 0.25) is 0 Å². The van der Waals surface area contributed by atoms with Crippen molar-refractivity contribution in [1.82, 2.24) is 4.98 Å². The molecule has 1 aromatic heterocycles. The first-order valence-corrected chi connectivity index (χ1v) is 6.40. The van der Waals surface area contributed by atoms with Crippen LogP contribution in [-0.2, 0) is 9.84 Å². The van der Waals surface area contributed by atoms with Crippen LogP contribution >= 0.6 is 0 Å². The van der Waals surface area contributed by atoms with Gasteiger partial charge in [0.1, 0.15) is 7.85 Å². The van der Waals surface area contributed by atoms with Crippen molar-refractivity contribution < 1.29 is 8.42 Å². The summed E-state index contributed by atoms with van der Waals surface area (Å²) in [6, 6.07) is 4.48. The first kappa shape index (κ1) is 10.9. The Labute approximate surface area is 93.6 Å². The largest absolute Gasteiger partial charge is 0.329 e. The van der Waals surface area contributed by atoms with Gasteiger partial charge in [-0.3, -0.25) is 4.79 Å². The summed E-state index contributed by atoms with van der Waals surface area (Å²) in [5.41, 5.74) is -0.114. The number of rotatable bonds is 1. The smallest absolute Gasteiger partial charge is 0.257 e. The van der Waals surface area contributed by atoms with Gasteiger partial charge in [0.15, 0.2) is 9.84 Å². The SMILES string of the molecule is [B]c1cc(S(C)(=O)=O)c2c(=O)[nH]ccc2c1. The van der Waals surface area contributed by atoms with Crippen LogP contribution in [0.3, 0.4) is 0 Å². The lowest BCUT2D eigenvalue weighted by molar-refractivity contribution is 0.602. The van der Waals surface area contributed by atoms with Crippen molar-refractivity contribution in [3.05, 3.63) is 34.7 Å². The summed E-state index contributed by atoms with van der Waals surface area (Å²) in [5.74, 6) is 0. The van der Waals surface area contributed by atoms with Crippen LogP contribution in [0.1, 0.15) is 0 Å². The average molecular weight is 233 g/mol. The quantitative estimate of drug-likeness (QED) is 0.689. The Morgan fingerprint density at radius 1 is 1.31 bits per heavy atom. The fourth-order valence-electron chi connectivity index (χ4n) is 1.61. The van der Waals surface area contributed by atoms with E-state index < -0.39 is 15.4 Å². The predicted molar refractivity (Wildman–Crippen MR) is 63.1 cm³/mol. The molecule has 16 heavy (non-hydrogen) atoms. The van der Waals surface area contributed by atoms with E-state index in [0.717, 1.165) is 6.26 Å². The molecule has 0 aliphatic rings. The Morgan fingerprint density at radius 2 is 2.00 bits per heavy atom. The second kappa shape index (κ2) is 3.48. The number of hydrogen-bond acceptors (Lipinski definition) is 3.